The summed E-state index contributed by atoms with van der Waals surface area (Å²) in [5.41, 5.74) is 0.965. The zero-order chi connectivity index (χ0) is 16.6. The molecular weight excluding hydrogens is 336 g/mol. The molecule has 0 amide bonds. The normalized spacial score (nSPS) is 18.3. The van der Waals surface area contributed by atoms with Crippen molar-refractivity contribution in [3.8, 4) is 0 Å². The first kappa shape index (κ1) is 15.9. The average Bonchev–Trinajstić information content (AvgIpc) is 3.14. The highest BCUT2D eigenvalue weighted by Gasteiger charge is 2.34. The Morgan fingerprint density at radius 3 is 2.61 bits per heavy atom. The minimum absolute atomic E-state index is 0.0397. The molecule has 1 atom stereocenters. The van der Waals surface area contributed by atoms with Crippen molar-refractivity contribution in [2.45, 2.75) is 23.1 Å². The molecule has 0 radical (unpaired) electrons. The molecule has 0 N–H and O–H groups in total. The number of rotatable bonds is 4. The Bertz CT molecular complexity index is 830. The number of hydrogen-bond donors (Lipinski definition) is 0. The van der Waals surface area contributed by atoms with E-state index in [-0.39, 0.29) is 15.9 Å². The van der Waals surface area contributed by atoms with Crippen LogP contribution in [0.1, 0.15) is 24.4 Å². The molecule has 1 unspecified atom stereocenters. The predicted octanol–water partition coefficient (Wildman–Crippen LogP) is 3.40. The van der Waals surface area contributed by atoms with Crippen LogP contribution in [0.25, 0.3) is 0 Å². The number of nitro groups is 1. The van der Waals surface area contributed by atoms with E-state index in [1.54, 1.807) is 0 Å². The van der Waals surface area contributed by atoms with Crippen LogP contribution in [0.2, 0.25) is 0 Å². The van der Waals surface area contributed by atoms with Gasteiger partial charge >= 0.3 is 5.69 Å². The molecule has 1 aromatic heterocycles. The van der Waals surface area contributed by atoms with Gasteiger partial charge in [0.2, 0.25) is 0 Å². The van der Waals surface area contributed by atoms with Crippen LogP contribution in [-0.4, -0.2) is 26.1 Å². The zero-order valence-corrected chi connectivity index (χ0v) is 14.1. The van der Waals surface area contributed by atoms with Gasteiger partial charge in [0.1, 0.15) is 4.21 Å². The molecule has 1 aliphatic heterocycles. The highest BCUT2D eigenvalue weighted by Crippen LogP contribution is 2.46. The van der Waals surface area contributed by atoms with E-state index in [0.717, 1.165) is 36.0 Å². The number of hydrogen-bond acceptors (Lipinski definition) is 6. The van der Waals surface area contributed by atoms with Gasteiger partial charge in [-0.15, -0.1) is 0 Å². The standard InChI is InChI=1S/C15H16N2O4S2/c1-23(20,21)14-10-13(17(18)19)15(22-14)16-9-5-8-12(16)11-6-3-2-4-7-11/h2-4,6-7,10,12H,5,8-9H2,1H3. The van der Waals surface area contributed by atoms with E-state index < -0.39 is 14.8 Å². The average molecular weight is 352 g/mol. The van der Waals surface area contributed by atoms with Crippen molar-refractivity contribution in [1.29, 1.82) is 0 Å². The first-order valence-electron chi connectivity index (χ1n) is 7.18. The number of nitrogens with zero attached hydrogens (tertiary/aromatic N) is 2. The molecule has 122 valence electrons. The Morgan fingerprint density at radius 2 is 2.00 bits per heavy atom. The largest absolute Gasteiger partial charge is 0.351 e. The highest BCUT2D eigenvalue weighted by molar-refractivity contribution is 7.92. The minimum Gasteiger partial charge on any atom is -0.351 e. The van der Waals surface area contributed by atoms with Crippen molar-refractivity contribution in [3.63, 3.8) is 0 Å². The van der Waals surface area contributed by atoms with E-state index in [9.17, 15) is 18.5 Å². The summed E-state index contributed by atoms with van der Waals surface area (Å²) in [5.74, 6) is 0. The van der Waals surface area contributed by atoms with Gasteiger partial charge in [0, 0.05) is 18.9 Å². The zero-order valence-electron chi connectivity index (χ0n) is 12.5. The van der Waals surface area contributed by atoms with Crippen LogP contribution < -0.4 is 4.90 Å². The van der Waals surface area contributed by atoms with Crippen LogP contribution in [0.4, 0.5) is 10.7 Å². The summed E-state index contributed by atoms with van der Waals surface area (Å²) in [6.07, 6.45) is 2.89. The fourth-order valence-electron chi connectivity index (χ4n) is 2.90. The molecule has 23 heavy (non-hydrogen) atoms. The number of thiophene rings is 1. The van der Waals surface area contributed by atoms with Gasteiger partial charge in [-0.25, -0.2) is 8.42 Å². The molecule has 0 saturated carbocycles. The smallest absolute Gasteiger partial charge is 0.305 e. The first-order valence-corrected chi connectivity index (χ1v) is 9.88. The predicted molar refractivity (Wildman–Crippen MR) is 89.8 cm³/mol. The van der Waals surface area contributed by atoms with Crippen LogP contribution in [0.5, 0.6) is 0 Å². The summed E-state index contributed by atoms with van der Waals surface area (Å²) >= 11 is 0.987. The second-order valence-corrected chi connectivity index (χ2v) is 8.82. The highest BCUT2D eigenvalue weighted by atomic mass is 32.2. The monoisotopic (exact) mass is 352 g/mol. The topological polar surface area (TPSA) is 80.5 Å². The molecule has 1 aromatic carbocycles. The van der Waals surface area contributed by atoms with Crippen molar-refractivity contribution >= 4 is 31.9 Å². The maximum atomic E-state index is 11.8. The van der Waals surface area contributed by atoms with E-state index in [4.69, 9.17) is 0 Å². The van der Waals surface area contributed by atoms with Gasteiger partial charge in [-0.05, 0) is 18.4 Å². The van der Waals surface area contributed by atoms with Crippen molar-refractivity contribution in [2.24, 2.45) is 0 Å². The molecule has 0 spiro atoms. The van der Waals surface area contributed by atoms with Crippen LogP contribution in [0, 0.1) is 10.1 Å². The molecule has 1 fully saturated rings. The van der Waals surface area contributed by atoms with Gasteiger partial charge < -0.3 is 4.90 Å². The number of sulfone groups is 1. The lowest BCUT2D eigenvalue weighted by atomic mass is 10.1. The van der Waals surface area contributed by atoms with Gasteiger partial charge in [-0.2, -0.15) is 0 Å². The first-order chi connectivity index (χ1) is 10.9. The third-order valence-corrected chi connectivity index (χ3v) is 6.89. The lowest BCUT2D eigenvalue weighted by molar-refractivity contribution is -0.383. The maximum Gasteiger partial charge on any atom is 0.305 e. The summed E-state index contributed by atoms with van der Waals surface area (Å²) in [6, 6.07) is 11.0. The lowest BCUT2D eigenvalue weighted by Gasteiger charge is -2.25. The van der Waals surface area contributed by atoms with Gasteiger partial charge in [-0.3, -0.25) is 10.1 Å². The second-order valence-electron chi connectivity index (χ2n) is 5.55. The van der Waals surface area contributed by atoms with Crippen LogP contribution in [-0.2, 0) is 9.84 Å². The molecule has 1 aliphatic rings. The van der Waals surface area contributed by atoms with E-state index in [2.05, 4.69) is 0 Å². The summed E-state index contributed by atoms with van der Waals surface area (Å²) in [6.45, 7) is 0.685. The molecule has 6 nitrogen and oxygen atoms in total. The minimum atomic E-state index is -3.46. The van der Waals surface area contributed by atoms with Crippen molar-refractivity contribution < 1.29 is 13.3 Å². The molecule has 0 aliphatic carbocycles. The lowest BCUT2D eigenvalue weighted by Crippen LogP contribution is -2.22. The quantitative estimate of drug-likeness (QED) is 0.622. The Morgan fingerprint density at radius 1 is 1.30 bits per heavy atom. The Kier molecular flexibility index (Phi) is 4.11. The molecule has 2 heterocycles. The van der Waals surface area contributed by atoms with Crippen LogP contribution in [0.3, 0.4) is 0 Å². The third kappa shape index (κ3) is 3.09. The van der Waals surface area contributed by atoms with Crippen molar-refractivity contribution in [3.05, 3.63) is 52.1 Å². The molecular formula is C15H16N2O4S2. The summed E-state index contributed by atoms with van der Waals surface area (Å²) in [5, 5.41) is 11.8. The SMILES string of the molecule is CS(=O)(=O)c1cc([N+](=O)[O-])c(N2CCCC2c2ccccc2)s1. The van der Waals surface area contributed by atoms with E-state index in [1.807, 2.05) is 35.2 Å². The maximum absolute atomic E-state index is 11.8. The fourth-order valence-corrected chi connectivity index (χ4v) is 5.00. The van der Waals surface area contributed by atoms with Gasteiger partial charge in [0.05, 0.1) is 11.0 Å². The fraction of sp³-hybridized carbons (Fsp3) is 0.333. The summed E-state index contributed by atoms with van der Waals surface area (Å²) in [7, 11) is -3.46. The summed E-state index contributed by atoms with van der Waals surface area (Å²) in [4.78, 5) is 12.8. The van der Waals surface area contributed by atoms with E-state index >= 15 is 0 Å². The van der Waals surface area contributed by atoms with Gasteiger partial charge in [0.25, 0.3) is 0 Å². The second kappa shape index (κ2) is 5.93. The molecule has 1 saturated heterocycles. The Hall–Kier alpha value is -1.93. The van der Waals surface area contributed by atoms with Crippen molar-refractivity contribution in [1.82, 2.24) is 0 Å². The third-order valence-electron chi connectivity index (χ3n) is 3.93. The molecule has 0 bridgehead atoms. The molecule has 2 aromatic rings. The molecule has 8 heteroatoms. The molecule has 3 rings (SSSR count). The Labute approximate surface area is 138 Å². The number of benzene rings is 1. The van der Waals surface area contributed by atoms with Gasteiger partial charge in [-0.1, -0.05) is 41.7 Å². The van der Waals surface area contributed by atoms with E-state index in [0.29, 0.717) is 11.5 Å². The van der Waals surface area contributed by atoms with Gasteiger partial charge in [0.15, 0.2) is 14.8 Å². The van der Waals surface area contributed by atoms with Crippen LogP contribution >= 0.6 is 11.3 Å². The van der Waals surface area contributed by atoms with E-state index in [1.165, 1.54) is 6.07 Å². The van der Waals surface area contributed by atoms with Crippen LogP contribution in [0.15, 0.2) is 40.6 Å². The van der Waals surface area contributed by atoms with Crippen molar-refractivity contribution in [2.75, 3.05) is 17.7 Å². The Balaban J connectivity index is 2.06. The number of anilines is 1. The summed E-state index contributed by atoms with van der Waals surface area (Å²) < 4.78 is 23.6.